The van der Waals surface area contributed by atoms with E-state index in [0.717, 1.165) is 16.6 Å². The van der Waals surface area contributed by atoms with E-state index in [9.17, 15) is 5.11 Å². The molecule has 0 aliphatic carbocycles. The number of hydrogen-bond acceptors (Lipinski definition) is 6. The maximum atomic E-state index is 10.1. The first-order valence-corrected chi connectivity index (χ1v) is 15.1. The molecule has 0 amide bonds. The Hall–Kier alpha value is -1.71. The maximum Gasteiger partial charge on any atom is 0.139 e. The van der Waals surface area contributed by atoms with Crippen molar-refractivity contribution in [2.24, 2.45) is 0 Å². The van der Waals surface area contributed by atoms with Crippen molar-refractivity contribution in [2.45, 2.75) is 18.4 Å². The van der Waals surface area contributed by atoms with Crippen molar-refractivity contribution in [2.75, 3.05) is 0 Å². The number of pyridine rings is 1. The Kier molecular flexibility index (Phi) is 7.84. The molecule has 34 heavy (non-hydrogen) atoms. The topological polar surface area (TPSA) is 86.0 Å². The van der Waals surface area contributed by atoms with Gasteiger partial charge in [-0.2, -0.15) is 15.3 Å². The van der Waals surface area contributed by atoms with Gasteiger partial charge in [-0.15, -0.1) is 0 Å². The molecule has 0 aliphatic heterocycles. The first-order chi connectivity index (χ1) is 16.2. The van der Waals surface area contributed by atoms with Crippen molar-refractivity contribution in [1.29, 1.82) is 0 Å². The molecule has 4 aromatic rings. The summed E-state index contributed by atoms with van der Waals surface area (Å²) in [7, 11) is 3.35. The number of fused-ring (bicyclic) bond motifs is 1. The highest BCUT2D eigenvalue weighted by atomic mass is 127. The molecule has 172 valence electrons. The van der Waals surface area contributed by atoms with Gasteiger partial charge in [0.05, 0.1) is 39.0 Å². The second-order valence-electron chi connectivity index (χ2n) is 8.07. The zero-order valence-electron chi connectivity index (χ0n) is 18.5. The number of rotatable bonds is 7. The highest BCUT2D eigenvalue weighted by Gasteiger charge is 2.19. The van der Waals surface area contributed by atoms with E-state index in [1.54, 1.807) is 34.2 Å². The Morgan fingerprint density at radius 1 is 1.15 bits per heavy atom. The molecule has 0 saturated heterocycles. The summed E-state index contributed by atoms with van der Waals surface area (Å²) in [6, 6.07) is 9.43. The van der Waals surface area contributed by atoms with Crippen LogP contribution in [-0.2, 0) is 5.40 Å². The van der Waals surface area contributed by atoms with Crippen LogP contribution in [0.4, 0.5) is 0 Å². The minimum absolute atomic E-state index is 0.370. The van der Waals surface area contributed by atoms with Gasteiger partial charge in [-0.25, -0.2) is 4.45 Å². The van der Waals surface area contributed by atoms with Crippen LogP contribution in [0.15, 0.2) is 42.7 Å². The second-order valence-corrected chi connectivity index (χ2v) is 10.9. The molecule has 3 heterocycles. The van der Waals surface area contributed by atoms with Gasteiger partial charge in [0.25, 0.3) is 0 Å². The third-order valence-corrected chi connectivity index (χ3v) is 7.57. The number of ether oxygens (including phenoxy) is 1. The van der Waals surface area contributed by atoms with E-state index in [-0.39, 0.29) is 6.10 Å². The van der Waals surface area contributed by atoms with Gasteiger partial charge in [0.15, 0.2) is 0 Å². The Bertz CT molecular complexity index is 1350. The molecule has 4 rings (SSSR count). The number of aliphatic hydroxyl groups is 1. The third kappa shape index (κ3) is 5.57. The predicted octanol–water partition coefficient (Wildman–Crippen LogP) is 4.00. The molecule has 2 unspecified atom stereocenters. The van der Waals surface area contributed by atoms with E-state index < -0.39 is 5.40 Å². The molecular formula is C21H19B2Cl2IN5O2P. The van der Waals surface area contributed by atoms with Crippen LogP contribution in [0.5, 0.6) is 5.75 Å². The van der Waals surface area contributed by atoms with Gasteiger partial charge >= 0.3 is 0 Å². The lowest BCUT2D eigenvalue weighted by molar-refractivity contribution is 0.210. The van der Waals surface area contributed by atoms with Crippen molar-refractivity contribution in [3.05, 3.63) is 75.4 Å². The van der Waals surface area contributed by atoms with Crippen molar-refractivity contribution >= 4 is 90.4 Å². The lowest BCUT2D eigenvalue weighted by Gasteiger charge is -2.17. The first-order valence-electron chi connectivity index (χ1n) is 10.3. The van der Waals surface area contributed by atoms with Crippen molar-refractivity contribution < 1.29 is 9.84 Å². The zero-order chi connectivity index (χ0) is 24.5. The number of nitrogens with zero attached hydrogens (tertiary/aromatic N) is 5. The fraction of sp³-hybridized carbons (Fsp3) is 0.143. The summed E-state index contributed by atoms with van der Waals surface area (Å²) >= 11 is 14.9. The Balaban J connectivity index is 1.64. The summed E-state index contributed by atoms with van der Waals surface area (Å²) in [6.07, 6.45) is 6.91. The second kappa shape index (κ2) is 10.5. The van der Waals surface area contributed by atoms with Gasteiger partial charge in [0.1, 0.15) is 27.5 Å². The minimum atomic E-state index is -1.04. The number of benzene rings is 1. The maximum absolute atomic E-state index is 10.1. The number of halogens is 3. The summed E-state index contributed by atoms with van der Waals surface area (Å²) in [5.41, 5.74) is 3.64. The normalized spacial score (nSPS) is 13.3. The van der Waals surface area contributed by atoms with Gasteiger partial charge in [-0.3, -0.25) is 4.98 Å². The minimum Gasteiger partial charge on any atom is -0.486 e. The van der Waals surface area contributed by atoms with Gasteiger partial charge in [0.2, 0.25) is 0 Å². The van der Waals surface area contributed by atoms with Crippen LogP contribution >= 0.6 is 51.6 Å². The van der Waals surface area contributed by atoms with Crippen LogP contribution in [-0.4, -0.2) is 45.5 Å². The van der Waals surface area contributed by atoms with Crippen molar-refractivity contribution in [1.82, 2.24) is 24.7 Å². The molecular weight excluding hydrogens is 605 g/mol. The van der Waals surface area contributed by atoms with Crippen LogP contribution in [0.25, 0.3) is 23.1 Å². The van der Waals surface area contributed by atoms with Gasteiger partial charge < -0.3 is 9.84 Å². The van der Waals surface area contributed by atoms with E-state index in [2.05, 4.69) is 37.2 Å². The van der Waals surface area contributed by atoms with E-state index >= 15 is 0 Å². The largest absolute Gasteiger partial charge is 0.486 e. The van der Waals surface area contributed by atoms with E-state index in [1.165, 1.54) is 0 Å². The molecule has 0 bridgehead atoms. The summed E-state index contributed by atoms with van der Waals surface area (Å²) < 4.78 is 8.12. The highest BCUT2D eigenvalue weighted by Crippen LogP contribution is 2.36. The smallest absolute Gasteiger partial charge is 0.139 e. The summed E-state index contributed by atoms with van der Waals surface area (Å²) in [6.45, 7) is 1.89. The number of hydrogen-bond donors (Lipinski definition) is 1. The Morgan fingerprint density at radius 3 is 2.50 bits per heavy atom. The van der Waals surface area contributed by atoms with Crippen LogP contribution in [0.1, 0.15) is 35.7 Å². The molecule has 0 spiro atoms. The molecule has 0 saturated carbocycles. The van der Waals surface area contributed by atoms with Crippen molar-refractivity contribution in [3.63, 3.8) is 0 Å². The number of aromatic nitrogens is 5. The van der Waals surface area contributed by atoms with E-state index in [1.807, 2.05) is 47.8 Å². The monoisotopic (exact) mass is 623 g/mol. The van der Waals surface area contributed by atoms with Gasteiger partial charge in [-0.05, 0) is 71.4 Å². The standard InChI is InChI=1S/C21H19B2Cl2IN5O2P/c1-11(20-15(24)9-27-10-16(20)25)33-13-4-6-18-14(8-13)17(30-31(18)34-26)5-2-12-3-7-19(29-28-12)21(22,23)32/h2-11,32,34H,22-23H2,1H3/b5-2+. The average molecular weight is 624 g/mol. The van der Waals surface area contributed by atoms with Gasteiger partial charge in [0, 0.05) is 28.7 Å². The zero-order valence-corrected chi connectivity index (χ0v) is 23.2. The van der Waals surface area contributed by atoms with Crippen LogP contribution < -0.4 is 4.74 Å². The fourth-order valence-electron chi connectivity index (χ4n) is 3.38. The van der Waals surface area contributed by atoms with Crippen LogP contribution in [0, 0.1) is 0 Å². The Labute approximate surface area is 223 Å². The predicted molar refractivity (Wildman–Crippen MR) is 153 cm³/mol. The third-order valence-electron chi connectivity index (χ3n) is 5.09. The molecule has 1 N–H and O–H groups in total. The summed E-state index contributed by atoms with van der Waals surface area (Å²) in [4.78, 5) is 4.00. The first kappa shape index (κ1) is 25.4. The summed E-state index contributed by atoms with van der Waals surface area (Å²) in [5.74, 6) is 0.671. The molecule has 13 heteroatoms. The summed E-state index contributed by atoms with van der Waals surface area (Å²) in [5, 5.41) is 23.9. The molecule has 7 nitrogen and oxygen atoms in total. The van der Waals surface area contributed by atoms with E-state index in [0.29, 0.717) is 39.1 Å². The fourth-order valence-corrected chi connectivity index (χ4v) is 5.58. The van der Waals surface area contributed by atoms with Crippen molar-refractivity contribution in [3.8, 4) is 5.75 Å². The SMILES string of the molecule is BC(B)(O)c1ccc(/C=C/c2nn(PI)c3ccc(OC(C)c4c(Cl)cncc4Cl)cc23)nn1. The molecule has 0 radical (unpaired) electrons. The van der Waals surface area contributed by atoms with Crippen LogP contribution in [0.3, 0.4) is 0 Å². The van der Waals surface area contributed by atoms with Gasteiger partial charge in [-0.1, -0.05) is 23.2 Å². The lowest BCUT2D eigenvalue weighted by atomic mass is 9.63. The molecule has 2 atom stereocenters. The lowest BCUT2D eigenvalue weighted by Crippen LogP contribution is -2.27. The quantitative estimate of drug-likeness (QED) is 0.190. The molecule has 3 aromatic heterocycles. The van der Waals surface area contributed by atoms with E-state index in [4.69, 9.17) is 33.0 Å². The highest BCUT2D eigenvalue weighted by molar-refractivity contribution is 14.2. The average Bonchev–Trinajstić information content (AvgIpc) is 3.14. The molecule has 0 fully saturated rings. The Morgan fingerprint density at radius 2 is 1.88 bits per heavy atom. The van der Waals surface area contributed by atoms with Crippen LogP contribution in [0.2, 0.25) is 10.0 Å². The molecule has 0 aliphatic rings. The molecule has 1 aromatic carbocycles.